The molecule has 0 aliphatic heterocycles. The second-order valence-corrected chi connectivity index (χ2v) is 1.60. The van der Waals surface area contributed by atoms with Crippen molar-refractivity contribution in [3.8, 4) is 0 Å². The van der Waals surface area contributed by atoms with Gasteiger partial charge in [0.1, 0.15) is 0 Å². The molecule has 0 radical (unpaired) electrons. The quantitative estimate of drug-likeness (QED) is 0.415. The maximum absolute atomic E-state index is 10.6. The minimum atomic E-state index is -0.509. The van der Waals surface area contributed by atoms with Crippen LogP contribution in [0.2, 0.25) is 0 Å². The van der Waals surface area contributed by atoms with Crippen LogP contribution < -0.4 is 0 Å². The highest BCUT2D eigenvalue weighted by molar-refractivity contribution is 5.73. The van der Waals surface area contributed by atoms with Crippen LogP contribution in [0.15, 0.2) is 12.8 Å². The molecule has 2 amide bonds. The summed E-state index contributed by atoms with van der Waals surface area (Å²) in [5, 5.41) is 9.00. The van der Waals surface area contributed by atoms with Gasteiger partial charge in [-0.25, -0.2) is 9.86 Å². The first-order chi connectivity index (χ1) is 4.09. The molecule has 9 heavy (non-hydrogen) atoms. The second kappa shape index (κ2) is 3.09. The predicted molar refractivity (Wildman–Crippen MR) is 32.9 cm³/mol. The Bertz CT molecular complexity index is 122. The van der Waals surface area contributed by atoms with E-state index < -0.39 is 6.03 Å². The van der Waals surface area contributed by atoms with E-state index in [9.17, 15) is 4.79 Å². The monoisotopic (exact) mass is 130 g/mol. The van der Waals surface area contributed by atoms with Crippen LogP contribution in [0.1, 0.15) is 0 Å². The highest BCUT2D eigenvalue weighted by atomic mass is 16.5. The van der Waals surface area contributed by atoms with E-state index in [1.165, 1.54) is 25.2 Å². The van der Waals surface area contributed by atoms with Crippen LogP contribution in [0.5, 0.6) is 0 Å². The van der Waals surface area contributed by atoms with Gasteiger partial charge >= 0.3 is 6.03 Å². The average molecular weight is 130 g/mol. The Labute approximate surface area is 53.9 Å². The van der Waals surface area contributed by atoms with Gasteiger partial charge in [-0.15, -0.1) is 0 Å². The molecule has 0 aromatic carbocycles. The van der Waals surface area contributed by atoms with Crippen LogP contribution in [-0.2, 0) is 0 Å². The lowest BCUT2D eigenvalue weighted by Gasteiger charge is -2.14. The molecule has 4 nitrogen and oxygen atoms in total. The van der Waals surface area contributed by atoms with Gasteiger partial charge < -0.3 is 4.90 Å². The van der Waals surface area contributed by atoms with Crippen LogP contribution >= 0.6 is 0 Å². The van der Waals surface area contributed by atoms with Crippen LogP contribution in [0.3, 0.4) is 0 Å². The fourth-order valence-corrected chi connectivity index (χ4v) is 0.306. The summed E-state index contributed by atoms with van der Waals surface area (Å²) in [7, 11) is 2.75. The zero-order chi connectivity index (χ0) is 7.44. The summed E-state index contributed by atoms with van der Waals surface area (Å²) in [5.41, 5.74) is 0. The van der Waals surface area contributed by atoms with Gasteiger partial charge in [0.2, 0.25) is 0 Å². The largest absolute Gasteiger partial charge is 0.347 e. The molecule has 0 saturated carbocycles. The highest BCUT2D eigenvalue weighted by Crippen LogP contribution is 1.88. The second-order valence-electron chi connectivity index (χ2n) is 1.60. The Morgan fingerprint density at radius 3 is 2.22 bits per heavy atom. The van der Waals surface area contributed by atoms with Crippen molar-refractivity contribution in [2.75, 3.05) is 14.1 Å². The van der Waals surface area contributed by atoms with Crippen LogP contribution in [0.4, 0.5) is 4.79 Å². The summed E-state index contributed by atoms with van der Waals surface area (Å²) in [6.07, 6.45) is 1.31. The van der Waals surface area contributed by atoms with Gasteiger partial charge in [-0.1, -0.05) is 6.58 Å². The number of urea groups is 1. The first-order valence-corrected chi connectivity index (χ1v) is 2.41. The van der Waals surface area contributed by atoms with Crippen molar-refractivity contribution in [2.24, 2.45) is 0 Å². The van der Waals surface area contributed by atoms with Crippen molar-refractivity contribution in [3.05, 3.63) is 12.8 Å². The highest BCUT2D eigenvalue weighted by Gasteiger charge is 2.06. The molecule has 0 aliphatic carbocycles. The molecule has 1 N–H and O–H groups in total. The molecular weight excluding hydrogens is 120 g/mol. The molecule has 0 aromatic heterocycles. The van der Waals surface area contributed by atoms with Crippen molar-refractivity contribution in [3.63, 3.8) is 0 Å². The number of hydroxylamine groups is 2. The number of nitrogens with zero attached hydrogens (tertiary/aromatic N) is 2. The van der Waals surface area contributed by atoms with E-state index in [0.29, 0.717) is 5.06 Å². The summed E-state index contributed by atoms with van der Waals surface area (Å²) in [6.45, 7) is 3.33. The van der Waals surface area contributed by atoms with E-state index in [1.807, 2.05) is 0 Å². The fourth-order valence-electron chi connectivity index (χ4n) is 0.306. The Morgan fingerprint density at radius 1 is 1.67 bits per heavy atom. The van der Waals surface area contributed by atoms with Crippen molar-refractivity contribution in [1.29, 1.82) is 0 Å². The summed E-state index contributed by atoms with van der Waals surface area (Å²) in [6, 6.07) is -0.509. The van der Waals surface area contributed by atoms with E-state index in [-0.39, 0.29) is 0 Å². The summed E-state index contributed by atoms with van der Waals surface area (Å²) in [5.74, 6) is 0. The van der Waals surface area contributed by atoms with Gasteiger partial charge in [-0.2, -0.15) is 0 Å². The summed E-state index contributed by atoms with van der Waals surface area (Å²) in [4.78, 5) is 11.8. The Hall–Kier alpha value is -1.03. The van der Waals surface area contributed by atoms with E-state index in [1.54, 1.807) is 0 Å². The minimum absolute atomic E-state index is 0.488. The van der Waals surface area contributed by atoms with Gasteiger partial charge in [0.05, 0.1) is 0 Å². The van der Waals surface area contributed by atoms with Gasteiger partial charge in [-0.05, 0) is 0 Å². The normalized spacial score (nSPS) is 8.33. The smallest absolute Gasteiger partial charge is 0.303 e. The lowest BCUT2D eigenvalue weighted by molar-refractivity contribution is -0.0271. The third-order valence-electron chi connectivity index (χ3n) is 0.852. The molecule has 0 bridgehead atoms. The zero-order valence-corrected chi connectivity index (χ0v) is 5.53. The molecule has 0 atom stereocenters. The standard InChI is InChI=1S/C5H10N2O2/c1-4-6(2)5(8)7(3)9/h4,9H,1H2,2-3H3. The van der Waals surface area contributed by atoms with E-state index >= 15 is 0 Å². The predicted octanol–water partition coefficient (Wildman–Crippen LogP) is 0.503. The molecule has 52 valence electrons. The summed E-state index contributed by atoms with van der Waals surface area (Å²) >= 11 is 0. The van der Waals surface area contributed by atoms with Crippen molar-refractivity contribution < 1.29 is 10.0 Å². The van der Waals surface area contributed by atoms with E-state index in [2.05, 4.69) is 6.58 Å². The molecular formula is C5H10N2O2. The van der Waals surface area contributed by atoms with Gasteiger partial charge in [0, 0.05) is 20.3 Å². The van der Waals surface area contributed by atoms with Crippen molar-refractivity contribution >= 4 is 6.03 Å². The number of carbonyl (C=O) groups excluding carboxylic acids is 1. The van der Waals surface area contributed by atoms with Crippen molar-refractivity contribution in [2.45, 2.75) is 0 Å². The number of carbonyl (C=O) groups is 1. The van der Waals surface area contributed by atoms with Crippen molar-refractivity contribution in [1.82, 2.24) is 9.96 Å². The minimum Gasteiger partial charge on any atom is -0.303 e. The number of hydrogen-bond acceptors (Lipinski definition) is 2. The Kier molecular flexibility index (Phi) is 2.73. The molecule has 0 heterocycles. The number of rotatable bonds is 1. The summed E-state index contributed by atoms with van der Waals surface area (Å²) < 4.78 is 0. The van der Waals surface area contributed by atoms with Gasteiger partial charge in [0.25, 0.3) is 0 Å². The molecule has 4 heteroatoms. The fraction of sp³-hybridized carbons (Fsp3) is 0.400. The molecule has 0 aromatic rings. The van der Waals surface area contributed by atoms with Gasteiger partial charge in [0.15, 0.2) is 0 Å². The number of hydrogen-bond donors (Lipinski definition) is 1. The SMILES string of the molecule is C=CN(C)C(=O)N(C)O. The third kappa shape index (κ3) is 2.14. The molecule has 0 unspecified atom stereocenters. The maximum Gasteiger partial charge on any atom is 0.347 e. The molecule has 0 fully saturated rings. The lowest BCUT2D eigenvalue weighted by atomic mass is 10.7. The third-order valence-corrected chi connectivity index (χ3v) is 0.852. The molecule has 0 spiro atoms. The Morgan fingerprint density at radius 2 is 2.11 bits per heavy atom. The first kappa shape index (κ1) is 7.97. The molecule has 0 rings (SSSR count). The zero-order valence-electron chi connectivity index (χ0n) is 5.53. The van der Waals surface area contributed by atoms with E-state index in [0.717, 1.165) is 0 Å². The lowest BCUT2D eigenvalue weighted by Crippen LogP contribution is -2.32. The Balaban J connectivity index is 3.87. The van der Waals surface area contributed by atoms with E-state index in [4.69, 9.17) is 5.21 Å². The number of amides is 2. The maximum atomic E-state index is 10.6. The van der Waals surface area contributed by atoms with Crippen LogP contribution in [-0.4, -0.2) is 35.3 Å². The average Bonchev–Trinajstić information content (AvgIpc) is 1.84. The first-order valence-electron chi connectivity index (χ1n) is 2.41. The topological polar surface area (TPSA) is 43.8 Å². The molecule has 0 aliphatic rings. The van der Waals surface area contributed by atoms with Crippen LogP contribution in [0.25, 0.3) is 0 Å². The van der Waals surface area contributed by atoms with Crippen LogP contribution in [0, 0.1) is 0 Å². The van der Waals surface area contributed by atoms with Gasteiger partial charge in [-0.3, -0.25) is 5.21 Å². The molecule has 0 saturated heterocycles.